The lowest BCUT2D eigenvalue weighted by atomic mass is 10.1. The number of thiophene rings is 1. The lowest BCUT2D eigenvalue weighted by molar-refractivity contribution is 0.688. The average molecular weight is 260 g/mol. The van der Waals surface area contributed by atoms with Gasteiger partial charge in [0, 0.05) is 16.3 Å². The summed E-state index contributed by atoms with van der Waals surface area (Å²) in [4.78, 5) is 1.39. The van der Waals surface area contributed by atoms with E-state index in [1.165, 1.54) is 4.88 Å². The molecule has 0 aliphatic carbocycles. The molecule has 0 saturated heterocycles. The molecule has 0 bridgehead atoms. The van der Waals surface area contributed by atoms with Crippen molar-refractivity contribution in [2.75, 3.05) is 11.1 Å². The van der Waals surface area contributed by atoms with E-state index in [1.807, 2.05) is 13.0 Å². The predicted molar refractivity (Wildman–Crippen MR) is 81.2 cm³/mol. The van der Waals surface area contributed by atoms with Gasteiger partial charge in [0.1, 0.15) is 0 Å². The van der Waals surface area contributed by atoms with E-state index in [1.54, 1.807) is 11.3 Å². The zero-order valence-corrected chi connectivity index (χ0v) is 11.8. The van der Waals surface area contributed by atoms with Crippen molar-refractivity contribution in [2.45, 2.75) is 32.7 Å². The molecule has 2 rings (SSSR count). The van der Waals surface area contributed by atoms with Crippen LogP contribution in [0, 0.1) is 6.92 Å². The van der Waals surface area contributed by atoms with Crippen molar-refractivity contribution in [1.29, 1.82) is 0 Å². The van der Waals surface area contributed by atoms with E-state index < -0.39 is 0 Å². The molecule has 0 spiro atoms. The SMILES string of the molecule is CCCC(Nc1ccc(C)c(N)c1)c1cccs1. The molecule has 2 aromatic rings. The van der Waals surface area contributed by atoms with Gasteiger partial charge in [-0.2, -0.15) is 0 Å². The Bertz CT molecular complexity index is 491. The molecule has 96 valence electrons. The van der Waals surface area contributed by atoms with E-state index in [0.29, 0.717) is 6.04 Å². The fourth-order valence-corrected chi connectivity index (χ4v) is 2.81. The van der Waals surface area contributed by atoms with Crippen molar-refractivity contribution in [3.8, 4) is 0 Å². The van der Waals surface area contributed by atoms with Gasteiger partial charge in [0.25, 0.3) is 0 Å². The highest BCUT2D eigenvalue weighted by molar-refractivity contribution is 7.10. The number of benzene rings is 1. The second kappa shape index (κ2) is 5.91. The van der Waals surface area contributed by atoms with Gasteiger partial charge in [0.15, 0.2) is 0 Å². The summed E-state index contributed by atoms with van der Waals surface area (Å²) in [5.41, 5.74) is 9.03. The van der Waals surface area contributed by atoms with E-state index in [-0.39, 0.29) is 0 Å². The smallest absolute Gasteiger partial charge is 0.0606 e. The summed E-state index contributed by atoms with van der Waals surface area (Å²) in [5.74, 6) is 0. The molecule has 1 aromatic carbocycles. The van der Waals surface area contributed by atoms with Crippen LogP contribution in [0.1, 0.15) is 36.2 Å². The molecule has 0 saturated carbocycles. The summed E-state index contributed by atoms with van der Waals surface area (Å²) in [6.45, 7) is 4.24. The first kappa shape index (κ1) is 13.0. The number of aryl methyl sites for hydroxylation is 1. The third-order valence-corrected chi connectivity index (χ3v) is 4.07. The third kappa shape index (κ3) is 3.05. The predicted octanol–water partition coefficient (Wildman–Crippen LogP) is 4.59. The zero-order chi connectivity index (χ0) is 13.0. The first-order valence-electron chi connectivity index (χ1n) is 6.36. The first-order chi connectivity index (χ1) is 8.70. The molecule has 0 aliphatic heterocycles. The normalized spacial score (nSPS) is 12.3. The maximum absolute atomic E-state index is 5.95. The van der Waals surface area contributed by atoms with Crippen molar-refractivity contribution in [1.82, 2.24) is 0 Å². The van der Waals surface area contributed by atoms with Gasteiger partial charge in [-0.05, 0) is 42.5 Å². The summed E-state index contributed by atoms with van der Waals surface area (Å²) in [7, 11) is 0. The van der Waals surface area contributed by atoms with Crippen molar-refractivity contribution in [2.24, 2.45) is 0 Å². The molecule has 0 amide bonds. The monoisotopic (exact) mass is 260 g/mol. The van der Waals surface area contributed by atoms with Gasteiger partial charge >= 0.3 is 0 Å². The molecule has 1 heterocycles. The van der Waals surface area contributed by atoms with Gasteiger partial charge in [-0.3, -0.25) is 0 Å². The third-order valence-electron chi connectivity index (χ3n) is 3.08. The number of nitrogens with two attached hydrogens (primary N) is 1. The van der Waals surface area contributed by atoms with E-state index in [2.05, 4.69) is 41.9 Å². The Hall–Kier alpha value is -1.48. The van der Waals surface area contributed by atoms with Crippen molar-refractivity contribution >= 4 is 22.7 Å². The van der Waals surface area contributed by atoms with Crippen LogP contribution in [-0.4, -0.2) is 0 Å². The molecule has 1 unspecified atom stereocenters. The summed E-state index contributed by atoms with van der Waals surface area (Å²) in [5, 5.41) is 5.71. The molecule has 3 N–H and O–H groups in total. The fourth-order valence-electron chi connectivity index (χ4n) is 2.00. The minimum Gasteiger partial charge on any atom is -0.398 e. The molecule has 3 heteroatoms. The molecule has 1 aromatic heterocycles. The average Bonchev–Trinajstić information content (AvgIpc) is 2.87. The Morgan fingerprint density at radius 2 is 2.17 bits per heavy atom. The molecule has 0 fully saturated rings. The summed E-state index contributed by atoms with van der Waals surface area (Å²) >= 11 is 1.80. The second-order valence-corrected chi connectivity index (χ2v) is 5.55. The van der Waals surface area contributed by atoms with E-state index >= 15 is 0 Å². The van der Waals surface area contributed by atoms with Crippen LogP contribution in [0.4, 0.5) is 11.4 Å². The Morgan fingerprint density at radius 1 is 1.33 bits per heavy atom. The van der Waals surface area contributed by atoms with E-state index in [0.717, 1.165) is 29.8 Å². The van der Waals surface area contributed by atoms with Gasteiger partial charge in [0.2, 0.25) is 0 Å². The van der Waals surface area contributed by atoms with Crippen molar-refractivity contribution in [3.63, 3.8) is 0 Å². The number of hydrogen-bond donors (Lipinski definition) is 2. The maximum atomic E-state index is 5.95. The zero-order valence-electron chi connectivity index (χ0n) is 10.9. The molecular weight excluding hydrogens is 240 g/mol. The Morgan fingerprint density at radius 3 is 2.78 bits per heavy atom. The van der Waals surface area contributed by atoms with Crippen LogP contribution in [0.15, 0.2) is 35.7 Å². The van der Waals surface area contributed by atoms with E-state index in [4.69, 9.17) is 5.73 Å². The van der Waals surface area contributed by atoms with Crippen molar-refractivity contribution in [3.05, 3.63) is 46.2 Å². The molecule has 1 atom stereocenters. The first-order valence-corrected chi connectivity index (χ1v) is 7.24. The van der Waals surface area contributed by atoms with Crippen LogP contribution < -0.4 is 11.1 Å². The highest BCUT2D eigenvalue weighted by atomic mass is 32.1. The number of nitrogens with one attached hydrogen (secondary N) is 1. The minimum absolute atomic E-state index is 0.386. The maximum Gasteiger partial charge on any atom is 0.0606 e. The Labute approximate surface area is 113 Å². The summed E-state index contributed by atoms with van der Waals surface area (Å²) in [6.07, 6.45) is 2.30. The van der Waals surface area contributed by atoms with Gasteiger partial charge in [-0.15, -0.1) is 11.3 Å². The van der Waals surface area contributed by atoms with Crippen LogP contribution in [0.2, 0.25) is 0 Å². The lowest BCUT2D eigenvalue weighted by Crippen LogP contribution is -2.09. The highest BCUT2D eigenvalue weighted by Crippen LogP contribution is 2.28. The topological polar surface area (TPSA) is 38.0 Å². The van der Waals surface area contributed by atoms with Crippen molar-refractivity contribution < 1.29 is 0 Å². The molecule has 2 nitrogen and oxygen atoms in total. The van der Waals surface area contributed by atoms with Gasteiger partial charge < -0.3 is 11.1 Å². The standard InChI is InChI=1S/C15H20N2S/c1-3-5-14(15-6-4-9-18-15)17-12-8-7-11(2)13(16)10-12/h4,6-10,14,17H,3,5,16H2,1-2H3. The largest absolute Gasteiger partial charge is 0.398 e. The van der Waals surface area contributed by atoms with E-state index in [9.17, 15) is 0 Å². The summed E-state index contributed by atoms with van der Waals surface area (Å²) in [6, 6.07) is 10.9. The van der Waals surface area contributed by atoms with Crippen LogP contribution >= 0.6 is 11.3 Å². The van der Waals surface area contributed by atoms with Gasteiger partial charge in [-0.1, -0.05) is 25.5 Å². The Balaban J connectivity index is 2.16. The van der Waals surface area contributed by atoms with Crippen LogP contribution in [0.25, 0.3) is 0 Å². The van der Waals surface area contributed by atoms with Crippen LogP contribution in [0.3, 0.4) is 0 Å². The highest BCUT2D eigenvalue weighted by Gasteiger charge is 2.11. The number of nitrogen functional groups attached to an aromatic ring is 1. The molecule has 18 heavy (non-hydrogen) atoms. The van der Waals surface area contributed by atoms with Crippen LogP contribution in [-0.2, 0) is 0 Å². The molecule has 0 radical (unpaired) electrons. The Kier molecular flexibility index (Phi) is 4.26. The molecule has 0 aliphatic rings. The number of anilines is 2. The quantitative estimate of drug-likeness (QED) is 0.771. The number of hydrogen-bond acceptors (Lipinski definition) is 3. The second-order valence-electron chi connectivity index (χ2n) is 4.57. The van der Waals surface area contributed by atoms with Gasteiger partial charge in [0.05, 0.1) is 6.04 Å². The van der Waals surface area contributed by atoms with Crippen LogP contribution in [0.5, 0.6) is 0 Å². The fraction of sp³-hybridized carbons (Fsp3) is 0.333. The minimum atomic E-state index is 0.386. The lowest BCUT2D eigenvalue weighted by Gasteiger charge is -2.18. The number of rotatable bonds is 5. The summed E-state index contributed by atoms with van der Waals surface area (Å²) < 4.78 is 0. The molecular formula is C15H20N2S. The van der Waals surface area contributed by atoms with Gasteiger partial charge in [-0.25, -0.2) is 0 Å².